The van der Waals surface area contributed by atoms with E-state index in [0.29, 0.717) is 41.9 Å². The zero-order valence-corrected chi connectivity index (χ0v) is 14.8. The second-order valence-electron chi connectivity index (χ2n) is 5.73. The van der Waals surface area contributed by atoms with Crippen molar-refractivity contribution in [2.45, 2.75) is 25.9 Å². The van der Waals surface area contributed by atoms with Gasteiger partial charge in [-0.05, 0) is 31.9 Å². The molecule has 1 amide bonds. The zero-order chi connectivity index (χ0) is 17.6. The SMILES string of the molecule is CCOc1ncccc1C(=O)N1CCCC(Oc2ccncc2Cl)C1. The van der Waals surface area contributed by atoms with Crippen molar-refractivity contribution < 1.29 is 14.3 Å². The highest BCUT2D eigenvalue weighted by molar-refractivity contribution is 6.31. The molecule has 3 rings (SSSR count). The highest BCUT2D eigenvalue weighted by Crippen LogP contribution is 2.26. The molecule has 7 heteroatoms. The first-order chi connectivity index (χ1) is 12.2. The van der Waals surface area contributed by atoms with Crippen LogP contribution in [0.25, 0.3) is 0 Å². The van der Waals surface area contributed by atoms with Crippen LogP contribution in [0.2, 0.25) is 5.02 Å². The molecule has 0 N–H and O–H groups in total. The molecule has 0 spiro atoms. The van der Waals surface area contributed by atoms with Crippen LogP contribution in [0.3, 0.4) is 0 Å². The predicted octanol–water partition coefficient (Wildman–Crippen LogP) is 3.21. The van der Waals surface area contributed by atoms with Crippen molar-refractivity contribution in [3.63, 3.8) is 0 Å². The van der Waals surface area contributed by atoms with Gasteiger partial charge in [-0.1, -0.05) is 11.6 Å². The highest BCUT2D eigenvalue weighted by atomic mass is 35.5. The number of hydrogen-bond donors (Lipinski definition) is 0. The van der Waals surface area contributed by atoms with E-state index in [1.165, 1.54) is 0 Å². The van der Waals surface area contributed by atoms with Gasteiger partial charge in [0.1, 0.15) is 22.4 Å². The van der Waals surface area contributed by atoms with Crippen molar-refractivity contribution in [2.75, 3.05) is 19.7 Å². The molecule has 1 atom stereocenters. The fourth-order valence-electron chi connectivity index (χ4n) is 2.83. The summed E-state index contributed by atoms with van der Waals surface area (Å²) in [4.78, 5) is 22.8. The van der Waals surface area contributed by atoms with Gasteiger partial charge in [0, 0.05) is 31.2 Å². The van der Waals surface area contributed by atoms with Crippen LogP contribution in [0.15, 0.2) is 36.8 Å². The van der Waals surface area contributed by atoms with Gasteiger partial charge in [0.05, 0.1) is 13.2 Å². The maximum Gasteiger partial charge on any atom is 0.259 e. The molecule has 1 fully saturated rings. The summed E-state index contributed by atoms with van der Waals surface area (Å²) >= 11 is 6.10. The van der Waals surface area contributed by atoms with Crippen molar-refractivity contribution in [2.24, 2.45) is 0 Å². The lowest BCUT2D eigenvalue weighted by Crippen LogP contribution is -2.44. The average Bonchev–Trinajstić information content (AvgIpc) is 2.64. The smallest absolute Gasteiger partial charge is 0.259 e. The van der Waals surface area contributed by atoms with Gasteiger partial charge in [-0.15, -0.1) is 0 Å². The van der Waals surface area contributed by atoms with E-state index in [1.807, 2.05) is 6.92 Å². The van der Waals surface area contributed by atoms with Crippen LogP contribution in [0.5, 0.6) is 11.6 Å². The molecule has 6 nitrogen and oxygen atoms in total. The molecule has 0 aromatic carbocycles. The van der Waals surface area contributed by atoms with Gasteiger partial charge in [0.2, 0.25) is 5.88 Å². The fourth-order valence-corrected chi connectivity index (χ4v) is 3.00. The highest BCUT2D eigenvalue weighted by Gasteiger charge is 2.28. The molecule has 3 heterocycles. The Hall–Kier alpha value is -2.34. The van der Waals surface area contributed by atoms with Crippen molar-refractivity contribution >= 4 is 17.5 Å². The summed E-state index contributed by atoms with van der Waals surface area (Å²) in [6, 6.07) is 5.21. The van der Waals surface area contributed by atoms with Gasteiger partial charge in [0.15, 0.2) is 0 Å². The molecule has 0 aliphatic carbocycles. The second-order valence-corrected chi connectivity index (χ2v) is 6.14. The number of aromatic nitrogens is 2. The van der Waals surface area contributed by atoms with Crippen LogP contribution in [0.1, 0.15) is 30.1 Å². The van der Waals surface area contributed by atoms with Gasteiger partial charge in [-0.3, -0.25) is 9.78 Å². The quantitative estimate of drug-likeness (QED) is 0.818. The van der Waals surface area contributed by atoms with E-state index in [4.69, 9.17) is 21.1 Å². The maximum atomic E-state index is 12.9. The summed E-state index contributed by atoms with van der Waals surface area (Å²) in [6.07, 6.45) is 6.43. The minimum atomic E-state index is -0.107. The van der Waals surface area contributed by atoms with Gasteiger partial charge in [-0.2, -0.15) is 0 Å². The third kappa shape index (κ3) is 4.20. The second kappa shape index (κ2) is 8.16. The average molecular weight is 362 g/mol. The Bertz CT molecular complexity index is 741. The van der Waals surface area contributed by atoms with Gasteiger partial charge >= 0.3 is 0 Å². The summed E-state index contributed by atoms with van der Waals surface area (Å²) < 4.78 is 11.4. The molecule has 1 unspecified atom stereocenters. The third-order valence-electron chi connectivity index (χ3n) is 3.98. The Morgan fingerprint density at radius 2 is 2.28 bits per heavy atom. The number of nitrogens with zero attached hydrogens (tertiary/aromatic N) is 3. The first-order valence-electron chi connectivity index (χ1n) is 8.32. The summed E-state index contributed by atoms with van der Waals surface area (Å²) in [5.74, 6) is 0.869. The van der Waals surface area contributed by atoms with Crippen molar-refractivity contribution in [1.82, 2.24) is 14.9 Å². The van der Waals surface area contributed by atoms with Crippen LogP contribution in [-0.4, -0.2) is 46.6 Å². The van der Waals surface area contributed by atoms with Crippen LogP contribution >= 0.6 is 11.6 Å². The molecule has 25 heavy (non-hydrogen) atoms. The lowest BCUT2D eigenvalue weighted by atomic mass is 10.1. The molecule has 1 aliphatic rings. The maximum absolute atomic E-state index is 12.9. The first-order valence-corrected chi connectivity index (χ1v) is 8.70. The molecule has 2 aromatic rings. The van der Waals surface area contributed by atoms with Gasteiger partial charge < -0.3 is 14.4 Å². The number of ether oxygens (including phenoxy) is 2. The topological polar surface area (TPSA) is 64.5 Å². The van der Waals surface area contributed by atoms with Crippen LogP contribution < -0.4 is 9.47 Å². The molecular weight excluding hydrogens is 342 g/mol. The van der Waals surface area contributed by atoms with Gasteiger partial charge in [0.25, 0.3) is 5.91 Å². The number of piperidine rings is 1. The zero-order valence-electron chi connectivity index (χ0n) is 14.0. The Morgan fingerprint density at radius 1 is 1.40 bits per heavy atom. The summed E-state index contributed by atoms with van der Waals surface area (Å²) in [5.41, 5.74) is 0.479. The first kappa shape index (κ1) is 17.5. The molecule has 1 aliphatic heterocycles. The molecule has 0 saturated carbocycles. The van der Waals surface area contributed by atoms with Crippen LogP contribution in [0.4, 0.5) is 0 Å². The number of pyridine rings is 2. The molecule has 2 aromatic heterocycles. The number of amides is 1. The van der Waals surface area contributed by atoms with E-state index in [9.17, 15) is 4.79 Å². The Labute approximate surface area is 151 Å². The number of likely N-dealkylation sites (tertiary alicyclic amines) is 1. The standard InChI is InChI=1S/C18H20ClN3O3/c1-2-24-17-14(6-3-8-21-17)18(23)22-10-4-5-13(12-22)25-16-7-9-20-11-15(16)19/h3,6-9,11,13H,2,4-5,10,12H2,1H3. The number of carbonyl (C=O) groups is 1. The van der Waals surface area contributed by atoms with Crippen molar-refractivity contribution in [3.8, 4) is 11.6 Å². The summed E-state index contributed by atoms with van der Waals surface area (Å²) in [5, 5.41) is 0.469. The number of carbonyl (C=O) groups excluding carboxylic acids is 1. The summed E-state index contributed by atoms with van der Waals surface area (Å²) in [7, 11) is 0. The van der Waals surface area contributed by atoms with Crippen LogP contribution in [-0.2, 0) is 0 Å². The van der Waals surface area contributed by atoms with E-state index >= 15 is 0 Å². The Balaban J connectivity index is 1.71. The van der Waals surface area contributed by atoms with E-state index in [0.717, 1.165) is 12.8 Å². The predicted molar refractivity (Wildman–Crippen MR) is 94.2 cm³/mol. The molecule has 0 bridgehead atoms. The lowest BCUT2D eigenvalue weighted by Gasteiger charge is -2.33. The lowest BCUT2D eigenvalue weighted by molar-refractivity contribution is 0.0533. The van der Waals surface area contributed by atoms with E-state index in [2.05, 4.69) is 9.97 Å². The third-order valence-corrected chi connectivity index (χ3v) is 4.26. The number of halogens is 1. The Morgan fingerprint density at radius 3 is 3.08 bits per heavy atom. The normalized spacial score (nSPS) is 17.2. The summed E-state index contributed by atoms with van der Waals surface area (Å²) in [6.45, 7) is 3.51. The van der Waals surface area contributed by atoms with E-state index in [-0.39, 0.29) is 12.0 Å². The van der Waals surface area contributed by atoms with Crippen molar-refractivity contribution in [3.05, 3.63) is 47.4 Å². The minimum Gasteiger partial charge on any atom is -0.487 e. The number of hydrogen-bond acceptors (Lipinski definition) is 5. The molecular formula is C18H20ClN3O3. The van der Waals surface area contributed by atoms with Gasteiger partial charge in [-0.25, -0.2) is 4.98 Å². The van der Waals surface area contributed by atoms with Crippen LogP contribution in [0, 0.1) is 0 Å². The largest absolute Gasteiger partial charge is 0.487 e. The van der Waals surface area contributed by atoms with E-state index < -0.39 is 0 Å². The minimum absolute atomic E-state index is 0.0920. The molecule has 132 valence electrons. The monoisotopic (exact) mass is 361 g/mol. The number of rotatable bonds is 5. The van der Waals surface area contributed by atoms with Crippen molar-refractivity contribution in [1.29, 1.82) is 0 Å². The fraction of sp³-hybridized carbons (Fsp3) is 0.389. The Kier molecular flexibility index (Phi) is 5.71. The van der Waals surface area contributed by atoms with E-state index in [1.54, 1.807) is 41.7 Å². The molecule has 1 saturated heterocycles. The molecule has 0 radical (unpaired) electrons.